The maximum Gasteiger partial charge on any atom is 0.184 e. The lowest BCUT2D eigenvalue weighted by Crippen LogP contribution is -2.59. The van der Waals surface area contributed by atoms with Crippen LogP contribution in [-0.4, -0.2) is 56.9 Å². The Morgan fingerprint density at radius 3 is 2.21 bits per heavy atom. The maximum atomic E-state index is 11.2. The molecule has 0 aliphatic carbocycles. The SMILES string of the molecule is CCC(=O)C1OC(O)C(O)C(O)C1O. The van der Waals surface area contributed by atoms with Crippen molar-refractivity contribution in [2.75, 3.05) is 0 Å². The van der Waals surface area contributed by atoms with E-state index < -0.39 is 36.5 Å². The van der Waals surface area contributed by atoms with Crippen molar-refractivity contribution in [1.29, 1.82) is 0 Å². The van der Waals surface area contributed by atoms with Gasteiger partial charge in [-0.15, -0.1) is 0 Å². The number of aliphatic hydroxyl groups excluding tert-OH is 4. The van der Waals surface area contributed by atoms with Gasteiger partial charge in [-0.1, -0.05) is 6.92 Å². The molecular formula is C8H14O6. The topological polar surface area (TPSA) is 107 Å². The summed E-state index contributed by atoms with van der Waals surface area (Å²) in [6.45, 7) is 1.57. The Morgan fingerprint density at radius 2 is 1.71 bits per heavy atom. The first-order chi connectivity index (χ1) is 6.49. The molecule has 1 aliphatic rings. The lowest BCUT2D eigenvalue weighted by atomic mass is 9.95. The average Bonchev–Trinajstić information content (AvgIpc) is 2.19. The molecule has 0 spiro atoms. The van der Waals surface area contributed by atoms with E-state index in [0.29, 0.717) is 0 Å². The van der Waals surface area contributed by atoms with E-state index in [1.54, 1.807) is 6.92 Å². The van der Waals surface area contributed by atoms with Crippen molar-refractivity contribution in [1.82, 2.24) is 0 Å². The molecule has 1 saturated heterocycles. The van der Waals surface area contributed by atoms with Gasteiger partial charge >= 0.3 is 0 Å². The zero-order valence-electron chi connectivity index (χ0n) is 7.70. The molecule has 0 aromatic heterocycles. The van der Waals surface area contributed by atoms with Gasteiger partial charge in [-0.2, -0.15) is 0 Å². The molecule has 1 fully saturated rings. The number of carbonyl (C=O) groups is 1. The molecule has 0 radical (unpaired) electrons. The van der Waals surface area contributed by atoms with Gasteiger partial charge in [0.25, 0.3) is 0 Å². The molecule has 0 bridgehead atoms. The van der Waals surface area contributed by atoms with E-state index in [9.17, 15) is 15.0 Å². The summed E-state index contributed by atoms with van der Waals surface area (Å²) in [5.74, 6) is -0.428. The average molecular weight is 206 g/mol. The molecule has 0 saturated carbocycles. The Kier molecular flexibility index (Phi) is 3.57. The summed E-state index contributed by atoms with van der Waals surface area (Å²) in [6, 6.07) is 0. The predicted molar refractivity (Wildman–Crippen MR) is 44.2 cm³/mol. The standard InChI is InChI=1S/C8H14O6/c1-2-3(9)7-5(11)4(10)6(12)8(13)14-7/h4-8,10-13H,2H2,1H3. The molecule has 82 valence electrons. The van der Waals surface area contributed by atoms with Crippen LogP contribution in [0.1, 0.15) is 13.3 Å². The maximum absolute atomic E-state index is 11.2. The second-order valence-corrected chi connectivity index (χ2v) is 3.24. The second-order valence-electron chi connectivity index (χ2n) is 3.24. The third-order valence-electron chi connectivity index (χ3n) is 2.25. The molecule has 6 nitrogen and oxygen atoms in total. The van der Waals surface area contributed by atoms with Gasteiger partial charge in [-0.25, -0.2) is 0 Å². The molecule has 0 aromatic rings. The van der Waals surface area contributed by atoms with Crippen molar-refractivity contribution < 1.29 is 30.0 Å². The number of aliphatic hydroxyl groups is 4. The zero-order chi connectivity index (χ0) is 10.9. The Bertz CT molecular complexity index is 218. The van der Waals surface area contributed by atoms with Gasteiger partial charge in [0, 0.05) is 6.42 Å². The molecule has 5 atom stereocenters. The number of ether oxygens (including phenoxy) is 1. The van der Waals surface area contributed by atoms with Crippen LogP contribution in [0.2, 0.25) is 0 Å². The molecule has 0 aromatic carbocycles. The predicted octanol–water partition coefficient (Wildman–Crippen LogP) is -2.23. The third-order valence-corrected chi connectivity index (χ3v) is 2.25. The van der Waals surface area contributed by atoms with E-state index >= 15 is 0 Å². The Morgan fingerprint density at radius 1 is 1.14 bits per heavy atom. The van der Waals surface area contributed by atoms with Crippen molar-refractivity contribution in [2.24, 2.45) is 0 Å². The highest BCUT2D eigenvalue weighted by molar-refractivity contribution is 5.83. The zero-order valence-corrected chi connectivity index (χ0v) is 7.70. The molecule has 6 heteroatoms. The molecule has 1 rings (SSSR count). The second kappa shape index (κ2) is 4.33. The molecule has 1 heterocycles. The number of carbonyl (C=O) groups excluding carboxylic acids is 1. The number of hydrogen-bond acceptors (Lipinski definition) is 6. The lowest BCUT2D eigenvalue weighted by Gasteiger charge is -2.37. The van der Waals surface area contributed by atoms with Gasteiger partial charge in [0.05, 0.1) is 0 Å². The summed E-state index contributed by atoms with van der Waals surface area (Å²) in [6.07, 6.45) is -7.45. The van der Waals surface area contributed by atoms with Gasteiger partial charge in [0.15, 0.2) is 12.1 Å². The summed E-state index contributed by atoms with van der Waals surface area (Å²) >= 11 is 0. The van der Waals surface area contributed by atoms with E-state index in [4.69, 9.17) is 10.2 Å². The molecule has 14 heavy (non-hydrogen) atoms. The van der Waals surface area contributed by atoms with Crippen molar-refractivity contribution in [3.05, 3.63) is 0 Å². The van der Waals surface area contributed by atoms with Gasteiger partial charge < -0.3 is 25.2 Å². The summed E-state index contributed by atoms with van der Waals surface area (Å²) in [4.78, 5) is 11.2. The van der Waals surface area contributed by atoms with Crippen LogP contribution in [-0.2, 0) is 9.53 Å². The smallest absolute Gasteiger partial charge is 0.184 e. The Hall–Kier alpha value is -0.530. The number of rotatable bonds is 2. The monoisotopic (exact) mass is 206 g/mol. The third kappa shape index (κ3) is 1.94. The molecule has 4 N–H and O–H groups in total. The molecule has 5 unspecified atom stereocenters. The van der Waals surface area contributed by atoms with Crippen molar-refractivity contribution in [2.45, 2.75) is 44.1 Å². The van der Waals surface area contributed by atoms with Crippen LogP contribution < -0.4 is 0 Å². The lowest BCUT2D eigenvalue weighted by molar-refractivity contribution is -0.275. The van der Waals surface area contributed by atoms with E-state index in [2.05, 4.69) is 4.74 Å². The summed E-state index contributed by atoms with van der Waals surface area (Å²) < 4.78 is 4.68. The first-order valence-electron chi connectivity index (χ1n) is 4.39. The minimum absolute atomic E-state index is 0.122. The van der Waals surface area contributed by atoms with Gasteiger partial charge in [0.1, 0.15) is 24.4 Å². The molecular weight excluding hydrogens is 192 g/mol. The highest BCUT2D eigenvalue weighted by atomic mass is 16.6. The fourth-order valence-electron chi connectivity index (χ4n) is 1.33. The highest BCUT2D eigenvalue weighted by Gasteiger charge is 2.45. The van der Waals surface area contributed by atoms with E-state index in [-0.39, 0.29) is 6.42 Å². The fraction of sp³-hybridized carbons (Fsp3) is 0.875. The van der Waals surface area contributed by atoms with Crippen LogP contribution in [0.5, 0.6) is 0 Å². The van der Waals surface area contributed by atoms with E-state index in [1.807, 2.05) is 0 Å². The largest absolute Gasteiger partial charge is 0.387 e. The van der Waals surface area contributed by atoms with Crippen molar-refractivity contribution in [3.8, 4) is 0 Å². The van der Waals surface area contributed by atoms with E-state index in [0.717, 1.165) is 0 Å². The van der Waals surface area contributed by atoms with Crippen molar-refractivity contribution >= 4 is 5.78 Å². The van der Waals surface area contributed by atoms with Crippen LogP contribution in [0.3, 0.4) is 0 Å². The van der Waals surface area contributed by atoms with Gasteiger partial charge in [-0.05, 0) is 0 Å². The van der Waals surface area contributed by atoms with Crippen LogP contribution >= 0.6 is 0 Å². The fourth-order valence-corrected chi connectivity index (χ4v) is 1.33. The summed E-state index contributed by atoms with van der Waals surface area (Å²) in [5, 5.41) is 36.8. The number of hydrogen-bond donors (Lipinski definition) is 4. The van der Waals surface area contributed by atoms with Crippen LogP contribution in [0.4, 0.5) is 0 Å². The summed E-state index contributed by atoms with van der Waals surface area (Å²) in [7, 11) is 0. The van der Waals surface area contributed by atoms with Gasteiger partial charge in [-0.3, -0.25) is 4.79 Å². The van der Waals surface area contributed by atoms with Crippen LogP contribution in [0.25, 0.3) is 0 Å². The highest BCUT2D eigenvalue weighted by Crippen LogP contribution is 2.20. The van der Waals surface area contributed by atoms with Crippen LogP contribution in [0.15, 0.2) is 0 Å². The molecule has 1 aliphatic heterocycles. The molecule has 0 amide bonds. The van der Waals surface area contributed by atoms with Crippen LogP contribution in [0, 0.1) is 0 Å². The van der Waals surface area contributed by atoms with Gasteiger partial charge in [0.2, 0.25) is 0 Å². The first-order valence-corrected chi connectivity index (χ1v) is 4.39. The summed E-state index contributed by atoms with van der Waals surface area (Å²) in [5.41, 5.74) is 0. The van der Waals surface area contributed by atoms with Crippen molar-refractivity contribution in [3.63, 3.8) is 0 Å². The van der Waals surface area contributed by atoms with E-state index in [1.165, 1.54) is 0 Å². The quantitative estimate of drug-likeness (QED) is 0.407. The first kappa shape index (κ1) is 11.5. The number of ketones is 1. The Labute approximate surface area is 80.7 Å². The minimum Gasteiger partial charge on any atom is -0.387 e. The minimum atomic E-state index is -1.64. The Balaban J connectivity index is 2.75. The normalized spacial score (nSPS) is 43.6. The number of Topliss-reactive ketones (excluding diaryl/α,β-unsaturated/α-hetero) is 1.